The fourth-order valence-electron chi connectivity index (χ4n) is 3.92. The molecule has 1 saturated heterocycles. The lowest BCUT2D eigenvalue weighted by molar-refractivity contribution is -0.124. The maximum Gasteiger partial charge on any atom is 0.257 e. The second-order valence-electron chi connectivity index (χ2n) is 6.95. The molecule has 1 fully saturated rings. The molecule has 0 aromatic heterocycles. The lowest BCUT2D eigenvalue weighted by atomic mass is 10.1. The SMILES string of the molecule is CC1C(=O)N(c2ccc3c(c2)CCC3)CCN1C(=O)c1ccccc1F. The molecule has 2 aromatic rings. The third-order valence-corrected chi connectivity index (χ3v) is 5.41. The average Bonchev–Trinajstić information content (AvgIpc) is 3.11. The lowest BCUT2D eigenvalue weighted by Gasteiger charge is -2.39. The van der Waals surface area contributed by atoms with E-state index in [4.69, 9.17) is 0 Å². The van der Waals surface area contributed by atoms with Crippen LogP contribution in [0.25, 0.3) is 0 Å². The minimum Gasteiger partial charge on any atom is -0.325 e. The fourth-order valence-corrected chi connectivity index (χ4v) is 3.92. The normalized spacial score (nSPS) is 19.6. The summed E-state index contributed by atoms with van der Waals surface area (Å²) in [5.74, 6) is -1.12. The van der Waals surface area contributed by atoms with Crippen molar-refractivity contribution in [3.05, 3.63) is 65.0 Å². The summed E-state index contributed by atoms with van der Waals surface area (Å²) in [4.78, 5) is 28.8. The quantitative estimate of drug-likeness (QED) is 0.833. The van der Waals surface area contributed by atoms with Gasteiger partial charge in [0, 0.05) is 18.8 Å². The summed E-state index contributed by atoms with van der Waals surface area (Å²) in [6.45, 7) is 2.51. The Hall–Kier alpha value is -2.69. The zero-order valence-corrected chi connectivity index (χ0v) is 14.7. The largest absolute Gasteiger partial charge is 0.325 e. The molecule has 1 aliphatic carbocycles. The van der Waals surface area contributed by atoms with Gasteiger partial charge in [-0.2, -0.15) is 0 Å². The highest BCUT2D eigenvalue weighted by Gasteiger charge is 2.36. The molecule has 2 aliphatic rings. The van der Waals surface area contributed by atoms with Gasteiger partial charge in [0.25, 0.3) is 5.91 Å². The molecule has 0 spiro atoms. The van der Waals surface area contributed by atoms with Crippen LogP contribution in [0, 0.1) is 5.82 Å². The summed E-state index contributed by atoms with van der Waals surface area (Å²) in [6.07, 6.45) is 3.32. The molecule has 4 nitrogen and oxygen atoms in total. The molecule has 134 valence electrons. The Balaban J connectivity index is 1.56. The number of nitrogens with zero attached hydrogens (tertiary/aromatic N) is 2. The minimum absolute atomic E-state index is 0.0122. The Kier molecular flexibility index (Phi) is 4.23. The van der Waals surface area contributed by atoms with E-state index in [0.717, 1.165) is 24.9 Å². The number of piperazine rings is 1. The van der Waals surface area contributed by atoms with Gasteiger partial charge in [-0.05, 0) is 61.6 Å². The van der Waals surface area contributed by atoms with Gasteiger partial charge < -0.3 is 9.80 Å². The Morgan fingerprint density at radius 1 is 1.08 bits per heavy atom. The van der Waals surface area contributed by atoms with Gasteiger partial charge in [-0.1, -0.05) is 18.2 Å². The molecule has 0 saturated carbocycles. The van der Waals surface area contributed by atoms with Gasteiger partial charge in [0.1, 0.15) is 11.9 Å². The highest BCUT2D eigenvalue weighted by atomic mass is 19.1. The average molecular weight is 352 g/mol. The van der Waals surface area contributed by atoms with Crippen molar-refractivity contribution in [2.75, 3.05) is 18.0 Å². The molecule has 0 N–H and O–H groups in total. The van der Waals surface area contributed by atoms with Gasteiger partial charge in [-0.15, -0.1) is 0 Å². The third kappa shape index (κ3) is 2.77. The van der Waals surface area contributed by atoms with E-state index in [-0.39, 0.29) is 11.5 Å². The Morgan fingerprint density at radius 2 is 1.85 bits per heavy atom. The maximum atomic E-state index is 13.9. The van der Waals surface area contributed by atoms with E-state index in [1.54, 1.807) is 24.0 Å². The van der Waals surface area contributed by atoms with E-state index >= 15 is 0 Å². The maximum absolute atomic E-state index is 13.9. The van der Waals surface area contributed by atoms with Crippen molar-refractivity contribution >= 4 is 17.5 Å². The van der Waals surface area contributed by atoms with Crippen LogP contribution in [-0.4, -0.2) is 35.8 Å². The van der Waals surface area contributed by atoms with Gasteiger partial charge in [-0.25, -0.2) is 4.39 Å². The van der Waals surface area contributed by atoms with E-state index in [0.29, 0.717) is 13.1 Å². The molecular formula is C21H21FN2O2. The van der Waals surface area contributed by atoms with Gasteiger partial charge >= 0.3 is 0 Å². The van der Waals surface area contributed by atoms with Crippen LogP contribution < -0.4 is 4.90 Å². The van der Waals surface area contributed by atoms with Crippen LogP contribution in [-0.2, 0) is 17.6 Å². The predicted molar refractivity (Wildman–Crippen MR) is 97.7 cm³/mol. The smallest absolute Gasteiger partial charge is 0.257 e. The van der Waals surface area contributed by atoms with Crippen molar-refractivity contribution in [3.63, 3.8) is 0 Å². The van der Waals surface area contributed by atoms with Gasteiger partial charge in [0.2, 0.25) is 5.91 Å². The first kappa shape index (κ1) is 16.8. The lowest BCUT2D eigenvalue weighted by Crippen LogP contribution is -2.57. The first-order valence-electron chi connectivity index (χ1n) is 9.05. The molecule has 1 atom stereocenters. The summed E-state index contributed by atoms with van der Waals surface area (Å²) in [5.41, 5.74) is 3.58. The molecule has 26 heavy (non-hydrogen) atoms. The van der Waals surface area contributed by atoms with Crippen molar-refractivity contribution in [3.8, 4) is 0 Å². The highest BCUT2D eigenvalue weighted by molar-refractivity contribution is 6.03. The number of carbonyl (C=O) groups is 2. The monoisotopic (exact) mass is 352 g/mol. The number of benzene rings is 2. The molecule has 2 aromatic carbocycles. The zero-order chi connectivity index (χ0) is 18.3. The molecule has 5 heteroatoms. The van der Waals surface area contributed by atoms with E-state index in [9.17, 15) is 14.0 Å². The molecule has 0 radical (unpaired) electrons. The van der Waals surface area contributed by atoms with Crippen molar-refractivity contribution in [1.82, 2.24) is 4.90 Å². The van der Waals surface area contributed by atoms with Crippen molar-refractivity contribution in [2.24, 2.45) is 0 Å². The zero-order valence-electron chi connectivity index (χ0n) is 14.7. The minimum atomic E-state index is -0.621. The number of carbonyl (C=O) groups excluding carboxylic acids is 2. The number of halogens is 1. The van der Waals surface area contributed by atoms with Crippen LogP contribution >= 0.6 is 0 Å². The number of hydrogen-bond donors (Lipinski definition) is 0. The van der Waals surface area contributed by atoms with E-state index in [2.05, 4.69) is 12.1 Å². The Morgan fingerprint density at radius 3 is 2.65 bits per heavy atom. The standard InChI is InChI=1S/C21H21FN2O2/c1-14-20(25)24(17-10-9-15-5-4-6-16(15)13-17)12-11-23(14)21(26)18-7-2-3-8-19(18)22/h2-3,7-10,13-14H,4-6,11-12H2,1H3. The number of hydrogen-bond acceptors (Lipinski definition) is 2. The second kappa shape index (κ2) is 6.56. The number of aryl methyl sites for hydroxylation is 2. The number of rotatable bonds is 2. The summed E-state index contributed by atoms with van der Waals surface area (Å²) >= 11 is 0. The molecule has 1 unspecified atom stereocenters. The van der Waals surface area contributed by atoms with Crippen LogP contribution in [0.3, 0.4) is 0 Å². The summed E-state index contributed by atoms with van der Waals surface area (Å²) in [5, 5.41) is 0. The fraction of sp³-hybridized carbons (Fsp3) is 0.333. The van der Waals surface area contributed by atoms with Crippen LogP contribution in [0.2, 0.25) is 0 Å². The third-order valence-electron chi connectivity index (χ3n) is 5.41. The van der Waals surface area contributed by atoms with Crippen molar-refractivity contribution < 1.29 is 14.0 Å². The van der Waals surface area contributed by atoms with Gasteiger partial charge in [0.05, 0.1) is 5.56 Å². The van der Waals surface area contributed by atoms with Crippen molar-refractivity contribution in [2.45, 2.75) is 32.2 Å². The highest BCUT2D eigenvalue weighted by Crippen LogP contribution is 2.29. The van der Waals surface area contributed by atoms with Crippen LogP contribution in [0.5, 0.6) is 0 Å². The first-order valence-corrected chi connectivity index (χ1v) is 9.05. The van der Waals surface area contributed by atoms with Crippen molar-refractivity contribution in [1.29, 1.82) is 0 Å². The van der Waals surface area contributed by atoms with E-state index in [1.807, 2.05) is 6.07 Å². The summed E-state index contributed by atoms with van der Waals surface area (Å²) < 4.78 is 13.9. The van der Waals surface area contributed by atoms with Gasteiger partial charge in [-0.3, -0.25) is 9.59 Å². The topological polar surface area (TPSA) is 40.6 Å². The first-order chi connectivity index (χ1) is 12.6. The van der Waals surface area contributed by atoms with Crippen LogP contribution in [0.4, 0.5) is 10.1 Å². The van der Waals surface area contributed by atoms with E-state index in [1.165, 1.54) is 28.2 Å². The molecule has 1 heterocycles. The number of anilines is 1. The molecule has 1 aliphatic heterocycles. The molecule has 4 rings (SSSR count). The molecule has 2 amide bonds. The Labute approximate surface area is 152 Å². The number of amides is 2. The summed E-state index contributed by atoms with van der Waals surface area (Å²) in [7, 11) is 0. The predicted octanol–water partition coefficient (Wildman–Crippen LogP) is 3.19. The molecule has 0 bridgehead atoms. The van der Waals surface area contributed by atoms with Crippen LogP contribution in [0.1, 0.15) is 34.8 Å². The summed E-state index contributed by atoms with van der Waals surface area (Å²) in [6, 6.07) is 11.5. The van der Waals surface area contributed by atoms with Gasteiger partial charge in [0.15, 0.2) is 0 Å². The van der Waals surface area contributed by atoms with Crippen LogP contribution in [0.15, 0.2) is 42.5 Å². The molecular weight excluding hydrogens is 331 g/mol. The number of fused-ring (bicyclic) bond motifs is 1. The Bertz CT molecular complexity index is 880. The second-order valence-corrected chi connectivity index (χ2v) is 6.95. The van der Waals surface area contributed by atoms with E-state index < -0.39 is 17.8 Å².